The van der Waals surface area contributed by atoms with Gasteiger partial charge in [0.1, 0.15) is 11.4 Å². The van der Waals surface area contributed by atoms with Crippen LogP contribution in [0.2, 0.25) is 0 Å². The van der Waals surface area contributed by atoms with E-state index >= 15 is 0 Å². The third-order valence-corrected chi connectivity index (χ3v) is 9.68. The second-order valence-electron chi connectivity index (χ2n) is 10.2. The molecule has 5 aliphatic carbocycles. The number of fused-ring (bicyclic) bond motifs is 8. The van der Waals surface area contributed by atoms with Gasteiger partial charge in [-0.05, 0) is 74.2 Å². The fourth-order valence-electron chi connectivity index (χ4n) is 8.80. The average molecular weight is 367 g/mol. The maximum atomic E-state index is 12.2. The van der Waals surface area contributed by atoms with Gasteiger partial charge >= 0.3 is 5.97 Å². The first-order valence-corrected chi connectivity index (χ1v) is 11.1. The fraction of sp³-hybridized carbons (Fsp3) is 0.750. The highest BCUT2D eigenvalue weighted by Crippen LogP contribution is 2.79. The number of esters is 1. The molecule has 5 unspecified atom stereocenters. The van der Waals surface area contributed by atoms with Gasteiger partial charge in [-0.2, -0.15) is 0 Å². The first kappa shape index (κ1) is 16.6. The van der Waals surface area contributed by atoms with E-state index in [1.54, 1.807) is 5.57 Å². The predicted octanol–water partition coefficient (Wildman–Crippen LogP) is 4.76. The largest absolute Gasteiger partial charge is 0.458 e. The van der Waals surface area contributed by atoms with E-state index in [2.05, 4.69) is 13.5 Å². The average Bonchev–Trinajstić information content (AvgIpc) is 3.30. The first-order valence-electron chi connectivity index (χ1n) is 11.1. The van der Waals surface area contributed by atoms with E-state index in [1.165, 1.54) is 30.4 Å². The lowest BCUT2D eigenvalue weighted by Crippen LogP contribution is -2.55. The number of rotatable bonds is 1. The SMILES string of the molecule is C=C1CC2C(CC[C@@]3(CC)C2C2CC2[C@@]32CCC(=O)O2)C2=C1CC(=O)CC2. The molecular weight excluding hydrogens is 336 g/mol. The van der Waals surface area contributed by atoms with Crippen molar-refractivity contribution in [2.24, 2.45) is 35.0 Å². The molecule has 3 nitrogen and oxygen atoms in total. The summed E-state index contributed by atoms with van der Waals surface area (Å²) in [5, 5.41) is 0. The Labute approximate surface area is 161 Å². The van der Waals surface area contributed by atoms with E-state index in [1.807, 2.05) is 0 Å². The molecule has 6 aliphatic rings. The van der Waals surface area contributed by atoms with Crippen molar-refractivity contribution >= 4 is 11.8 Å². The summed E-state index contributed by atoms with van der Waals surface area (Å²) in [6.07, 6.45) is 9.79. The summed E-state index contributed by atoms with van der Waals surface area (Å²) in [5.41, 5.74) is 4.19. The number of Topliss-reactive ketones (excluding diaryl/α,β-unsaturated/α-hetero) is 1. The number of carbonyl (C=O) groups excluding carboxylic acids is 2. The summed E-state index contributed by atoms with van der Waals surface area (Å²) in [7, 11) is 0. The molecule has 1 heterocycles. The Bertz CT molecular complexity index is 806. The van der Waals surface area contributed by atoms with Gasteiger partial charge in [0.2, 0.25) is 0 Å². The van der Waals surface area contributed by atoms with Gasteiger partial charge in [-0.3, -0.25) is 9.59 Å². The predicted molar refractivity (Wildman–Crippen MR) is 102 cm³/mol. The summed E-state index contributed by atoms with van der Waals surface area (Å²) >= 11 is 0. The Morgan fingerprint density at radius 2 is 2.00 bits per heavy atom. The number of allylic oxidation sites excluding steroid dienone is 3. The van der Waals surface area contributed by atoms with Crippen molar-refractivity contribution in [3.63, 3.8) is 0 Å². The van der Waals surface area contributed by atoms with Crippen LogP contribution in [0.1, 0.15) is 71.1 Å². The molecule has 0 bridgehead atoms. The summed E-state index contributed by atoms with van der Waals surface area (Å²) in [6, 6.07) is 0. The van der Waals surface area contributed by atoms with Gasteiger partial charge < -0.3 is 4.74 Å². The van der Waals surface area contributed by atoms with Crippen molar-refractivity contribution in [3.05, 3.63) is 23.3 Å². The molecule has 0 radical (unpaired) electrons. The topological polar surface area (TPSA) is 43.4 Å². The summed E-state index contributed by atoms with van der Waals surface area (Å²) in [5.74, 6) is 3.80. The highest BCUT2D eigenvalue weighted by Gasteiger charge is 2.79. The lowest BCUT2D eigenvalue weighted by molar-refractivity contribution is -0.175. The second kappa shape index (κ2) is 5.15. The Kier molecular flexibility index (Phi) is 3.16. The van der Waals surface area contributed by atoms with Crippen LogP contribution in [0.3, 0.4) is 0 Å². The Morgan fingerprint density at radius 3 is 2.74 bits per heavy atom. The Hall–Kier alpha value is -1.38. The summed E-state index contributed by atoms with van der Waals surface area (Å²) in [4.78, 5) is 24.2. The molecule has 1 saturated heterocycles. The molecule has 7 atom stereocenters. The number of hydrogen-bond donors (Lipinski definition) is 0. The van der Waals surface area contributed by atoms with Crippen LogP contribution in [0.15, 0.2) is 23.3 Å². The number of ether oxygens (including phenoxy) is 1. The van der Waals surface area contributed by atoms with Crippen LogP contribution in [0.4, 0.5) is 0 Å². The van der Waals surface area contributed by atoms with Crippen molar-refractivity contribution in [3.8, 4) is 0 Å². The Balaban J connectivity index is 1.43. The molecule has 1 spiro atoms. The zero-order valence-corrected chi connectivity index (χ0v) is 16.4. The van der Waals surface area contributed by atoms with Gasteiger partial charge in [-0.1, -0.05) is 24.6 Å². The zero-order valence-electron chi connectivity index (χ0n) is 16.4. The smallest absolute Gasteiger partial charge is 0.306 e. The minimum atomic E-state index is -0.155. The van der Waals surface area contributed by atoms with Crippen molar-refractivity contribution < 1.29 is 14.3 Å². The standard InChI is InChI=1S/C24H30O3/c1-3-23-8-6-16-15-5-4-14(25)11-17(15)13(2)10-18(16)22(23)19-12-20(19)24(23)9-7-21(26)27-24/h16,18-20,22H,2-12H2,1H3/t16?,18?,19?,20?,22?,23-,24-/m0/s1. The van der Waals surface area contributed by atoms with Crippen LogP contribution in [0.25, 0.3) is 0 Å². The minimum Gasteiger partial charge on any atom is -0.458 e. The molecule has 4 fully saturated rings. The van der Waals surface area contributed by atoms with Crippen molar-refractivity contribution in [2.75, 3.05) is 0 Å². The highest BCUT2D eigenvalue weighted by molar-refractivity contribution is 5.84. The van der Waals surface area contributed by atoms with Crippen molar-refractivity contribution in [1.29, 1.82) is 0 Å². The minimum absolute atomic E-state index is 0.0417. The zero-order chi connectivity index (χ0) is 18.6. The van der Waals surface area contributed by atoms with E-state index in [4.69, 9.17) is 4.74 Å². The fourth-order valence-corrected chi connectivity index (χ4v) is 8.80. The summed E-state index contributed by atoms with van der Waals surface area (Å²) < 4.78 is 6.24. The molecule has 0 aromatic carbocycles. The quantitative estimate of drug-likeness (QED) is 0.629. The van der Waals surface area contributed by atoms with Crippen LogP contribution in [-0.4, -0.2) is 17.4 Å². The van der Waals surface area contributed by atoms with E-state index in [-0.39, 0.29) is 17.0 Å². The van der Waals surface area contributed by atoms with Crippen LogP contribution in [0.5, 0.6) is 0 Å². The molecule has 0 aromatic heterocycles. The van der Waals surface area contributed by atoms with Crippen molar-refractivity contribution in [2.45, 2.75) is 76.7 Å². The second-order valence-corrected chi connectivity index (χ2v) is 10.2. The molecule has 27 heavy (non-hydrogen) atoms. The molecule has 0 N–H and O–H groups in total. The van der Waals surface area contributed by atoms with Gasteiger partial charge in [0.15, 0.2) is 0 Å². The van der Waals surface area contributed by atoms with Gasteiger partial charge in [0.25, 0.3) is 0 Å². The van der Waals surface area contributed by atoms with Gasteiger partial charge in [0, 0.05) is 30.6 Å². The highest BCUT2D eigenvalue weighted by atomic mass is 16.6. The van der Waals surface area contributed by atoms with Gasteiger partial charge in [-0.25, -0.2) is 0 Å². The van der Waals surface area contributed by atoms with E-state index in [9.17, 15) is 9.59 Å². The van der Waals surface area contributed by atoms with E-state index < -0.39 is 0 Å². The summed E-state index contributed by atoms with van der Waals surface area (Å²) in [6.45, 7) is 6.77. The van der Waals surface area contributed by atoms with Crippen LogP contribution in [0, 0.1) is 35.0 Å². The van der Waals surface area contributed by atoms with Crippen molar-refractivity contribution in [1.82, 2.24) is 0 Å². The maximum absolute atomic E-state index is 12.2. The van der Waals surface area contributed by atoms with Crippen LogP contribution < -0.4 is 0 Å². The third kappa shape index (κ3) is 1.85. The normalized spacial score (nSPS) is 50.3. The number of hydrogen-bond acceptors (Lipinski definition) is 3. The Morgan fingerprint density at radius 1 is 1.15 bits per heavy atom. The molecule has 1 aliphatic heterocycles. The molecule has 144 valence electrons. The molecule has 3 saturated carbocycles. The van der Waals surface area contributed by atoms with E-state index in [0.29, 0.717) is 42.3 Å². The molecule has 0 aromatic rings. The molecule has 0 amide bonds. The van der Waals surface area contributed by atoms with Gasteiger partial charge in [-0.15, -0.1) is 0 Å². The molecular formula is C24H30O3. The maximum Gasteiger partial charge on any atom is 0.306 e. The molecule has 3 heteroatoms. The van der Waals surface area contributed by atoms with E-state index in [0.717, 1.165) is 38.0 Å². The first-order chi connectivity index (χ1) is 13.0. The monoisotopic (exact) mass is 366 g/mol. The lowest BCUT2D eigenvalue weighted by Gasteiger charge is -2.57. The van der Waals surface area contributed by atoms with Crippen LogP contribution in [-0.2, 0) is 14.3 Å². The molecule has 6 rings (SSSR count). The number of carbonyl (C=O) groups is 2. The lowest BCUT2D eigenvalue weighted by atomic mass is 9.48. The number of ketones is 1. The van der Waals surface area contributed by atoms with Gasteiger partial charge in [0.05, 0.1) is 0 Å². The van der Waals surface area contributed by atoms with Crippen LogP contribution >= 0.6 is 0 Å². The third-order valence-electron chi connectivity index (χ3n) is 9.68.